The first-order valence-electron chi connectivity index (χ1n) is 11.8. The number of halogens is 2. The molecule has 0 aliphatic carbocycles. The number of aryl methyl sites for hydroxylation is 1. The maximum atomic E-state index is 14.8. The van der Waals surface area contributed by atoms with Crippen molar-refractivity contribution in [1.29, 1.82) is 0 Å². The van der Waals surface area contributed by atoms with Crippen molar-refractivity contribution >= 4 is 17.4 Å². The quantitative estimate of drug-likeness (QED) is 0.416. The van der Waals surface area contributed by atoms with Crippen LogP contribution in [0.15, 0.2) is 65.8 Å². The van der Waals surface area contributed by atoms with E-state index < -0.39 is 11.9 Å². The van der Waals surface area contributed by atoms with Gasteiger partial charge in [-0.2, -0.15) is 0 Å². The van der Waals surface area contributed by atoms with E-state index in [2.05, 4.69) is 4.98 Å². The van der Waals surface area contributed by atoms with Crippen molar-refractivity contribution in [3.63, 3.8) is 0 Å². The van der Waals surface area contributed by atoms with Crippen LogP contribution in [0.3, 0.4) is 0 Å². The summed E-state index contributed by atoms with van der Waals surface area (Å²) in [5.74, 6) is 0.00332. The summed E-state index contributed by atoms with van der Waals surface area (Å²) in [5.41, 5.74) is 1.90. The molecule has 1 aliphatic heterocycles. The molecule has 2 aromatic carbocycles. The number of hydrogen-bond donors (Lipinski definition) is 2. The number of likely N-dealkylation sites (N-methyl/N-ethyl adjacent to an activating group) is 1. The molecule has 0 saturated carbocycles. The standard InChI is InChI=1S/C27H27ClFN5O3/c1-31(2)23-14-33(15-24(23)35)25-11-17(6-7-30-25)20-13-18(29)12-19(26(20)36)16-4-5-22(21(28)10-16)34-9-8-32(3)27(34)37/h4-13,23-24,35-36H,14-15H2,1-3H3/t23-,24-/m1/s1. The van der Waals surface area contributed by atoms with Gasteiger partial charge in [0.25, 0.3) is 0 Å². The van der Waals surface area contributed by atoms with Crippen LogP contribution in [-0.4, -0.2) is 68.6 Å². The lowest BCUT2D eigenvalue weighted by atomic mass is 9.97. The Morgan fingerprint density at radius 1 is 1.05 bits per heavy atom. The molecular weight excluding hydrogens is 497 g/mol. The summed E-state index contributed by atoms with van der Waals surface area (Å²) < 4.78 is 17.7. The molecule has 4 aromatic rings. The predicted molar refractivity (Wildman–Crippen MR) is 142 cm³/mol. The Bertz CT molecular complexity index is 1530. The highest BCUT2D eigenvalue weighted by atomic mass is 35.5. The maximum Gasteiger partial charge on any atom is 0.332 e. The molecule has 5 rings (SSSR count). The molecule has 192 valence electrons. The minimum absolute atomic E-state index is 0.0286. The van der Waals surface area contributed by atoms with Crippen LogP contribution >= 0.6 is 11.6 Å². The normalized spacial score (nSPS) is 17.6. The average molecular weight is 524 g/mol. The van der Waals surface area contributed by atoms with Crippen molar-refractivity contribution in [1.82, 2.24) is 19.0 Å². The highest BCUT2D eigenvalue weighted by Gasteiger charge is 2.33. The number of anilines is 1. The van der Waals surface area contributed by atoms with Gasteiger partial charge >= 0.3 is 5.69 Å². The second kappa shape index (κ2) is 9.66. The number of imidazole rings is 1. The number of aromatic nitrogens is 3. The van der Waals surface area contributed by atoms with Gasteiger partial charge in [0.05, 0.1) is 22.9 Å². The average Bonchev–Trinajstić information content (AvgIpc) is 3.42. The molecule has 2 aromatic heterocycles. The fourth-order valence-electron chi connectivity index (χ4n) is 4.78. The lowest BCUT2D eigenvalue weighted by Gasteiger charge is -2.22. The number of rotatable bonds is 5. The molecule has 2 atom stereocenters. The number of aromatic hydroxyl groups is 1. The van der Waals surface area contributed by atoms with Crippen LogP contribution in [0.5, 0.6) is 5.75 Å². The summed E-state index contributed by atoms with van der Waals surface area (Å²) in [6, 6.07) is 10.9. The number of aliphatic hydroxyl groups is 1. The van der Waals surface area contributed by atoms with Gasteiger partial charge in [0, 0.05) is 49.9 Å². The zero-order valence-corrected chi connectivity index (χ0v) is 21.4. The summed E-state index contributed by atoms with van der Waals surface area (Å²) in [4.78, 5) is 20.7. The molecule has 2 N–H and O–H groups in total. The van der Waals surface area contributed by atoms with Crippen molar-refractivity contribution in [2.45, 2.75) is 12.1 Å². The molecule has 0 bridgehead atoms. The van der Waals surface area contributed by atoms with E-state index in [1.807, 2.05) is 23.9 Å². The number of pyridine rings is 1. The monoisotopic (exact) mass is 523 g/mol. The van der Waals surface area contributed by atoms with Crippen molar-refractivity contribution in [2.24, 2.45) is 7.05 Å². The molecule has 0 spiro atoms. The third kappa shape index (κ3) is 4.61. The summed E-state index contributed by atoms with van der Waals surface area (Å²) in [6.07, 6.45) is 4.33. The highest BCUT2D eigenvalue weighted by molar-refractivity contribution is 6.32. The fraction of sp³-hybridized carbons (Fsp3) is 0.259. The molecular formula is C27H27ClFN5O3. The van der Waals surface area contributed by atoms with Gasteiger partial charge in [-0.25, -0.2) is 14.2 Å². The van der Waals surface area contributed by atoms with Crippen molar-refractivity contribution < 1.29 is 14.6 Å². The SMILES string of the molecule is CN(C)[C@@H]1CN(c2cc(-c3cc(F)cc(-c4ccc(-n5ccn(C)c5=O)c(Cl)c4)c3O)ccn2)C[C@H]1O. The van der Waals surface area contributed by atoms with Crippen LogP contribution in [0, 0.1) is 5.82 Å². The van der Waals surface area contributed by atoms with Gasteiger partial charge in [-0.3, -0.25) is 4.57 Å². The summed E-state index contributed by atoms with van der Waals surface area (Å²) in [5, 5.41) is 21.9. The van der Waals surface area contributed by atoms with Crippen LogP contribution in [0.1, 0.15) is 0 Å². The second-order valence-corrected chi connectivity index (χ2v) is 9.89. The minimum atomic E-state index is -0.523. The van der Waals surface area contributed by atoms with Crippen LogP contribution in [0.25, 0.3) is 27.9 Å². The first-order chi connectivity index (χ1) is 17.6. The van der Waals surface area contributed by atoms with E-state index in [1.165, 1.54) is 21.3 Å². The van der Waals surface area contributed by atoms with Crippen molar-refractivity contribution in [3.05, 3.63) is 82.4 Å². The molecule has 8 nitrogen and oxygen atoms in total. The fourth-order valence-corrected chi connectivity index (χ4v) is 5.05. The second-order valence-electron chi connectivity index (χ2n) is 9.48. The highest BCUT2D eigenvalue weighted by Crippen LogP contribution is 2.41. The Kier molecular flexibility index (Phi) is 6.53. The van der Waals surface area contributed by atoms with Gasteiger partial charge < -0.3 is 24.6 Å². The van der Waals surface area contributed by atoms with Gasteiger partial charge in [0.2, 0.25) is 0 Å². The minimum Gasteiger partial charge on any atom is -0.507 e. The molecule has 0 amide bonds. The van der Waals surface area contributed by atoms with Crippen LogP contribution in [0.2, 0.25) is 5.02 Å². The van der Waals surface area contributed by atoms with E-state index in [-0.39, 0.29) is 28.1 Å². The Balaban J connectivity index is 1.52. The number of nitrogens with zero attached hydrogens (tertiary/aromatic N) is 5. The Hall–Kier alpha value is -3.66. The predicted octanol–water partition coefficient (Wildman–Crippen LogP) is 3.51. The number of benzene rings is 2. The summed E-state index contributed by atoms with van der Waals surface area (Å²) in [6.45, 7) is 1.02. The number of phenolic OH excluding ortho intramolecular Hbond substituents is 1. The smallest absolute Gasteiger partial charge is 0.332 e. The summed E-state index contributed by atoms with van der Waals surface area (Å²) >= 11 is 6.50. The molecule has 37 heavy (non-hydrogen) atoms. The molecule has 0 radical (unpaired) electrons. The number of aliphatic hydroxyl groups excluding tert-OH is 1. The zero-order valence-electron chi connectivity index (χ0n) is 20.6. The lowest BCUT2D eigenvalue weighted by molar-refractivity contribution is 0.114. The van der Waals surface area contributed by atoms with E-state index >= 15 is 0 Å². The molecule has 10 heteroatoms. The van der Waals surface area contributed by atoms with Crippen LogP contribution in [0.4, 0.5) is 10.2 Å². The number of β-amino-alcohol motifs (C(OH)–C–C–N with tert-alkyl or cyclic N) is 1. The van der Waals surface area contributed by atoms with Crippen LogP contribution < -0.4 is 10.6 Å². The number of phenols is 1. The number of hydrogen-bond acceptors (Lipinski definition) is 6. The lowest BCUT2D eigenvalue weighted by Crippen LogP contribution is -2.38. The van der Waals surface area contributed by atoms with Gasteiger partial charge in [-0.05, 0) is 61.6 Å². The Morgan fingerprint density at radius 3 is 2.35 bits per heavy atom. The molecule has 1 aliphatic rings. The van der Waals surface area contributed by atoms with Gasteiger partial charge in [0.1, 0.15) is 17.4 Å². The zero-order chi connectivity index (χ0) is 26.4. The van der Waals surface area contributed by atoms with Crippen LogP contribution in [-0.2, 0) is 7.05 Å². The Morgan fingerprint density at radius 2 is 1.76 bits per heavy atom. The Labute approximate surface area is 218 Å². The first kappa shape index (κ1) is 25.0. The maximum absolute atomic E-state index is 14.8. The molecule has 1 fully saturated rings. The van der Waals surface area contributed by atoms with E-state index in [0.717, 1.165) is 0 Å². The van der Waals surface area contributed by atoms with Crippen molar-refractivity contribution in [2.75, 3.05) is 32.1 Å². The third-order valence-electron chi connectivity index (χ3n) is 6.84. The van der Waals surface area contributed by atoms with Gasteiger partial charge in [-0.1, -0.05) is 17.7 Å². The van der Waals surface area contributed by atoms with Crippen molar-refractivity contribution in [3.8, 4) is 33.7 Å². The topological polar surface area (TPSA) is 86.8 Å². The van der Waals surface area contributed by atoms with E-state index in [9.17, 15) is 19.4 Å². The summed E-state index contributed by atoms with van der Waals surface area (Å²) in [7, 11) is 5.49. The molecule has 0 unspecified atom stereocenters. The van der Waals surface area contributed by atoms with Gasteiger partial charge in [0.15, 0.2) is 0 Å². The third-order valence-corrected chi connectivity index (χ3v) is 7.15. The molecule has 3 heterocycles. The van der Waals surface area contributed by atoms with E-state index in [0.29, 0.717) is 41.3 Å². The largest absolute Gasteiger partial charge is 0.507 e. The van der Waals surface area contributed by atoms with E-state index in [4.69, 9.17) is 11.6 Å². The van der Waals surface area contributed by atoms with E-state index in [1.54, 1.807) is 56.0 Å². The first-order valence-corrected chi connectivity index (χ1v) is 12.1. The van der Waals surface area contributed by atoms with Gasteiger partial charge in [-0.15, -0.1) is 0 Å². The molecule has 1 saturated heterocycles.